The number of benzene rings is 2. The summed E-state index contributed by atoms with van der Waals surface area (Å²) in [6, 6.07) is 18.5. The molecular formula is C20H24N2. The lowest BCUT2D eigenvalue weighted by Gasteiger charge is -2.43. The first-order valence-electron chi connectivity index (χ1n) is 8.51. The minimum atomic E-state index is 0.497. The van der Waals surface area contributed by atoms with Crippen LogP contribution >= 0.6 is 0 Å². The van der Waals surface area contributed by atoms with Gasteiger partial charge in [0.2, 0.25) is 0 Å². The summed E-state index contributed by atoms with van der Waals surface area (Å²) in [4.78, 5) is 2.66. The molecule has 0 amide bonds. The van der Waals surface area contributed by atoms with Gasteiger partial charge in [-0.1, -0.05) is 42.5 Å². The Morgan fingerprint density at radius 3 is 2.64 bits per heavy atom. The monoisotopic (exact) mass is 292 g/mol. The number of rotatable bonds is 2. The van der Waals surface area contributed by atoms with E-state index < -0.39 is 0 Å². The summed E-state index contributed by atoms with van der Waals surface area (Å²) in [5.41, 5.74) is 11.8. The molecule has 114 valence electrons. The zero-order valence-electron chi connectivity index (χ0n) is 13.0. The molecule has 2 N–H and O–H groups in total. The molecule has 0 spiro atoms. The molecule has 2 unspecified atom stereocenters. The number of hydrogen-bond donors (Lipinski definition) is 1. The lowest BCUT2D eigenvalue weighted by atomic mass is 9.81. The summed E-state index contributed by atoms with van der Waals surface area (Å²) in [5.74, 6) is 0.672. The molecule has 1 fully saturated rings. The molecule has 2 heterocycles. The first kappa shape index (κ1) is 13.8. The van der Waals surface area contributed by atoms with Gasteiger partial charge in [0.15, 0.2) is 0 Å². The molecule has 0 aromatic heterocycles. The van der Waals surface area contributed by atoms with Crippen LogP contribution in [-0.4, -0.2) is 13.1 Å². The Morgan fingerprint density at radius 1 is 1.00 bits per heavy atom. The quantitative estimate of drug-likeness (QED) is 0.909. The van der Waals surface area contributed by atoms with Gasteiger partial charge in [0.05, 0.1) is 6.04 Å². The highest BCUT2D eigenvalue weighted by Crippen LogP contribution is 2.45. The average Bonchev–Trinajstić information content (AvgIpc) is 2.70. The van der Waals surface area contributed by atoms with Gasteiger partial charge in [-0.2, -0.15) is 0 Å². The zero-order valence-corrected chi connectivity index (χ0v) is 13.0. The maximum absolute atomic E-state index is 5.92. The maximum atomic E-state index is 5.92. The van der Waals surface area contributed by atoms with Crippen LogP contribution in [0.15, 0.2) is 48.5 Å². The summed E-state index contributed by atoms with van der Waals surface area (Å²) in [5, 5.41) is 0. The lowest BCUT2D eigenvalue weighted by molar-refractivity contribution is 0.312. The van der Waals surface area contributed by atoms with Crippen molar-refractivity contribution in [1.29, 1.82) is 0 Å². The second kappa shape index (κ2) is 5.77. The second-order valence-electron chi connectivity index (χ2n) is 6.62. The molecule has 2 aromatic carbocycles. The predicted octanol–water partition coefficient (Wildman–Crippen LogP) is 3.90. The van der Waals surface area contributed by atoms with Crippen LogP contribution in [0.25, 0.3) is 0 Å². The molecule has 2 aromatic rings. The van der Waals surface area contributed by atoms with Gasteiger partial charge in [-0.3, -0.25) is 0 Å². The van der Waals surface area contributed by atoms with Crippen LogP contribution in [0.2, 0.25) is 0 Å². The third-order valence-corrected chi connectivity index (χ3v) is 5.35. The summed E-state index contributed by atoms with van der Waals surface area (Å²) >= 11 is 0. The number of piperidine rings is 1. The normalized spacial score (nSPS) is 23.2. The summed E-state index contributed by atoms with van der Waals surface area (Å²) < 4.78 is 0. The topological polar surface area (TPSA) is 29.3 Å². The Hall–Kier alpha value is -1.80. The number of nitrogens with zero attached hydrogens (tertiary/aromatic N) is 1. The van der Waals surface area contributed by atoms with Crippen LogP contribution < -0.4 is 10.6 Å². The molecule has 0 saturated carbocycles. The van der Waals surface area contributed by atoms with Gasteiger partial charge in [0, 0.05) is 12.2 Å². The standard InChI is InChI=1S/C20H24N2/c21-12-11-15-8-5-13-22-19-10-4-2-7-17(19)14-16-6-1-3-9-18(16)20(15)22/h1-4,6-7,9-10,15,20H,5,8,11-14,21H2. The molecule has 2 heteroatoms. The van der Waals surface area contributed by atoms with Crippen molar-refractivity contribution < 1.29 is 0 Å². The van der Waals surface area contributed by atoms with Crippen LogP contribution in [0.3, 0.4) is 0 Å². The molecule has 0 bridgehead atoms. The van der Waals surface area contributed by atoms with Crippen molar-refractivity contribution in [2.75, 3.05) is 18.0 Å². The fourth-order valence-corrected chi connectivity index (χ4v) is 4.41. The second-order valence-corrected chi connectivity index (χ2v) is 6.62. The Balaban J connectivity index is 1.88. The van der Waals surface area contributed by atoms with Crippen LogP contribution in [0, 0.1) is 5.92 Å². The summed E-state index contributed by atoms with van der Waals surface area (Å²) in [6.07, 6.45) is 4.75. The smallest absolute Gasteiger partial charge is 0.0573 e. The number of nitrogens with two attached hydrogens (primary N) is 1. The van der Waals surface area contributed by atoms with Gasteiger partial charge in [-0.25, -0.2) is 0 Å². The van der Waals surface area contributed by atoms with Crippen LogP contribution in [0.4, 0.5) is 5.69 Å². The number of hydrogen-bond acceptors (Lipinski definition) is 2. The highest BCUT2D eigenvalue weighted by atomic mass is 15.2. The number of para-hydroxylation sites is 1. The van der Waals surface area contributed by atoms with Gasteiger partial charge in [-0.05, 0) is 60.9 Å². The largest absolute Gasteiger partial charge is 0.364 e. The molecule has 1 saturated heterocycles. The van der Waals surface area contributed by atoms with Crippen molar-refractivity contribution in [1.82, 2.24) is 0 Å². The van der Waals surface area contributed by atoms with E-state index in [4.69, 9.17) is 5.73 Å². The van der Waals surface area contributed by atoms with E-state index in [1.165, 1.54) is 35.2 Å². The highest BCUT2D eigenvalue weighted by Gasteiger charge is 2.36. The molecule has 2 nitrogen and oxygen atoms in total. The van der Waals surface area contributed by atoms with E-state index in [0.29, 0.717) is 12.0 Å². The van der Waals surface area contributed by atoms with Crippen LogP contribution in [-0.2, 0) is 6.42 Å². The molecule has 0 radical (unpaired) electrons. The van der Waals surface area contributed by atoms with Crippen LogP contribution in [0.5, 0.6) is 0 Å². The Bertz CT molecular complexity index is 662. The van der Waals surface area contributed by atoms with Crippen molar-refractivity contribution in [2.24, 2.45) is 11.7 Å². The van der Waals surface area contributed by atoms with E-state index >= 15 is 0 Å². The molecule has 2 atom stereocenters. The van der Waals surface area contributed by atoms with E-state index in [1.54, 1.807) is 0 Å². The van der Waals surface area contributed by atoms with E-state index in [-0.39, 0.29) is 0 Å². The third kappa shape index (κ3) is 2.22. The number of anilines is 1. The third-order valence-electron chi connectivity index (χ3n) is 5.35. The van der Waals surface area contributed by atoms with Gasteiger partial charge in [0.25, 0.3) is 0 Å². The highest BCUT2D eigenvalue weighted by molar-refractivity contribution is 5.60. The van der Waals surface area contributed by atoms with E-state index in [9.17, 15) is 0 Å². The Kier molecular flexibility index (Phi) is 3.63. The summed E-state index contributed by atoms with van der Waals surface area (Å²) in [6.45, 7) is 1.95. The van der Waals surface area contributed by atoms with E-state index in [1.807, 2.05) is 0 Å². The Morgan fingerprint density at radius 2 is 1.77 bits per heavy atom. The van der Waals surface area contributed by atoms with Gasteiger partial charge >= 0.3 is 0 Å². The van der Waals surface area contributed by atoms with Crippen molar-refractivity contribution in [3.05, 3.63) is 65.2 Å². The maximum Gasteiger partial charge on any atom is 0.0573 e. The van der Waals surface area contributed by atoms with E-state index in [2.05, 4.69) is 53.4 Å². The molecule has 22 heavy (non-hydrogen) atoms. The predicted molar refractivity (Wildman–Crippen MR) is 92.2 cm³/mol. The van der Waals surface area contributed by atoms with Crippen LogP contribution in [0.1, 0.15) is 42.0 Å². The molecule has 2 aliphatic rings. The molecule has 2 aliphatic heterocycles. The SMILES string of the molecule is NCCC1CCCN2c3ccccc3Cc3ccccc3C12. The fourth-order valence-electron chi connectivity index (χ4n) is 4.41. The zero-order chi connectivity index (χ0) is 14.9. The first-order valence-corrected chi connectivity index (χ1v) is 8.51. The minimum absolute atomic E-state index is 0.497. The minimum Gasteiger partial charge on any atom is -0.364 e. The lowest BCUT2D eigenvalue weighted by Crippen LogP contribution is -2.39. The molecule has 0 aliphatic carbocycles. The Labute approximate surface area is 132 Å². The number of fused-ring (bicyclic) bond motifs is 5. The van der Waals surface area contributed by atoms with Crippen molar-refractivity contribution in [3.8, 4) is 0 Å². The first-order chi connectivity index (χ1) is 10.9. The van der Waals surface area contributed by atoms with Crippen molar-refractivity contribution >= 4 is 5.69 Å². The molecule has 4 rings (SSSR count). The van der Waals surface area contributed by atoms with Crippen molar-refractivity contribution in [3.63, 3.8) is 0 Å². The van der Waals surface area contributed by atoms with Gasteiger partial charge in [-0.15, -0.1) is 0 Å². The van der Waals surface area contributed by atoms with Gasteiger partial charge < -0.3 is 10.6 Å². The average molecular weight is 292 g/mol. The van der Waals surface area contributed by atoms with Crippen molar-refractivity contribution in [2.45, 2.75) is 31.7 Å². The van der Waals surface area contributed by atoms with E-state index in [0.717, 1.165) is 25.9 Å². The fraction of sp³-hybridized carbons (Fsp3) is 0.400. The summed E-state index contributed by atoms with van der Waals surface area (Å²) in [7, 11) is 0. The molecular weight excluding hydrogens is 268 g/mol. The van der Waals surface area contributed by atoms with Gasteiger partial charge in [0.1, 0.15) is 0 Å².